The molecule has 3 atom stereocenters. The van der Waals surface area contributed by atoms with E-state index in [0.717, 1.165) is 44.9 Å². The minimum Gasteiger partial charge on any atom is -0.391 e. The summed E-state index contributed by atoms with van der Waals surface area (Å²) in [6.45, 7) is 8.81. The van der Waals surface area contributed by atoms with Crippen LogP contribution in [0.4, 0.5) is 4.79 Å². The predicted molar refractivity (Wildman–Crippen MR) is 79.6 cm³/mol. The third kappa shape index (κ3) is 4.63. The van der Waals surface area contributed by atoms with Crippen LogP contribution in [0.15, 0.2) is 0 Å². The number of rotatable bonds is 3. The molecule has 3 unspecified atom stereocenters. The lowest BCUT2D eigenvalue weighted by atomic mass is 10.00. The number of aliphatic hydroxyl groups is 1. The largest absolute Gasteiger partial charge is 0.391 e. The van der Waals surface area contributed by atoms with Gasteiger partial charge < -0.3 is 20.2 Å². The first kappa shape index (κ1) is 15.6. The number of hydrogen-bond acceptors (Lipinski definition) is 3. The molecule has 2 saturated heterocycles. The van der Waals surface area contributed by atoms with Crippen molar-refractivity contribution in [3.05, 3.63) is 0 Å². The zero-order valence-electron chi connectivity index (χ0n) is 12.8. The number of nitrogens with zero attached hydrogens (tertiary/aromatic N) is 2. The smallest absolute Gasteiger partial charge is 0.317 e. The molecule has 116 valence electrons. The number of carbonyl (C=O) groups excluding carboxylic acids is 1. The number of carbonyl (C=O) groups is 1. The molecule has 0 bridgehead atoms. The molecule has 20 heavy (non-hydrogen) atoms. The summed E-state index contributed by atoms with van der Waals surface area (Å²) in [5, 5.41) is 12.7. The number of nitrogens with one attached hydrogen (secondary N) is 1. The first-order chi connectivity index (χ1) is 9.54. The summed E-state index contributed by atoms with van der Waals surface area (Å²) in [5.41, 5.74) is 0. The highest BCUT2D eigenvalue weighted by molar-refractivity contribution is 5.74. The second-order valence-corrected chi connectivity index (χ2v) is 6.60. The molecule has 0 spiro atoms. The molecule has 2 heterocycles. The average molecular weight is 283 g/mol. The van der Waals surface area contributed by atoms with Crippen LogP contribution in [0.2, 0.25) is 0 Å². The van der Waals surface area contributed by atoms with Gasteiger partial charge in [-0.2, -0.15) is 0 Å². The molecule has 2 aliphatic rings. The highest BCUT2D eigenvalue weighted by Gasteiger charge is 2.24. The molecule has 2 rings (SSSR count). The van der Waals surface area contributed by atoms with Crippen molar-refractivity contribution in [2.75, 3.05) is 32.7 Å². The van der Waals surface area contributed by atoms with Gasteiger partial charge in [0, 0.05) is 32.2 Å². The van der Waals surface area contributed by atoms with E-state index in [0.29, 0.717) is 6.54 Å². The van der Waals surface area contributed by atoms with Gasteiger partial charge in [0.05, 0.1) is 6.10 Å². The third-order valence-corrected chi connectivity index (χ3v) is 4.33. The molecule has 2 fully saturated rings. The van der Waals surface area contributed by atoms with Crippen LogP contribution < -0.4 is 5.32 Å². The van der Waals surface area contributed by atoms with Crippen LogP contribution in [-0.4, -0.2) is 65.8 Å². The maximum Gasteiger partial charge on any atom is 0.317 e. The standard InChI is InChI=1S/C15H29N3O2/c1-12-5-3-7-17(9-12)10-13(2)16-15(20)18-8-4-6-14(19)11-18/h12-14,19H,3-11H2,1-2H3,(H,16,20). The lowest BCUT2D eigenvalue weighted by Crippen LogP contribution is -2.52. The van der Waals surface area contributed by atoms with Gasteiger partial charge in [-0.3, -0.25) is 0 Å². The lowest BCUT2D eigenvalue weighted by Gasteiger charge is -2.34. The number of aliphatic hydroxyl groups excluding tert-OH is 1. The molecule has 5 nitrogen and oxygen atoms in total. The zero-order chi connectivity index (χ0) is 14.5. The third-order valence-electron chi connectivity index (χ3n) is 4.33. The van der Waals surface area contributed by atoms with E-state index in [9.17, 15) is 9.90 Å². The maximum atomic E-state index is 12.1. The fourth-order valence-electron chi connectivity index (χ4n) is 3.33. The number of hydrogen-bond donors (Lipinski definition) is 2. The van der Waals surface area contributed by atoms with E-state index in [2.05, 4.69) is 24.1 Å². The van der Waals surface area contributed by atoms with Crippen LogP contribution in [-0.2, 0) is 0 Å². The molecule has 0 aromatic carbocycles. The summed E-state index contributed by atoms with van der Waals surface area (Å²) in [6.07, 6.45) is 3.94. The quantitative estimate of drug-likeness (QED) is 0.820. The SMILES string of the molecule is CC1CCCN(CC(C)NC(=O)N2CCCC(O)C2)C1. The van der Waals surface area contributed by atoms with Crippen LogP contribution >= 0.6 is 0 Å². The van der Waals surface area contributed by atoms with E-state index in [-0.39, 0.29) is 18.2 Å². The Morgan fingerprint density at radius 3 is 2.75 bits per heavy atom. The van der Waals surface area contributed by atoms with E-state index in [1.54, 1.807) is 4.90 Å². The van der Waals surface area contributed by atoms with E-state index >= 15 is 0 Å². The lowest BCUT2D eigenvalue weighted by molar-refractivity contribution is 0.0824. The highest BCUT2D eigenvalue weighted by Crippen LogP contribution is 2.15. The van der Waals surface area contributed by atoms with Crippen LogP contribution in [0.3, 0.4) is 0 Å². The number of likely N-dealkylation sites (tertiary alicyclic amines) is 2. The second kappa shape index (κ2) is 7.27. The van der Waals surface area contributed by atoms with Gasteiger partial charge in [0.25, 0.3) is 0 Å². The fourth-order valence-corrected chi connectivity index (χ4v) is 3.33. The average Bonchev–Trinajstić information content (AvgIpc) is 2.38. The molecule has 0 saturated carbocycles. The van der Waals surface area contributed by atoms with Crippen molar-refractivity contribution in [3.8, 4) is 0 Å². The Morgan fingerprint density at radius 1 is 1.30 bits per heavy atom. The molecule has 0 aromatic rings. The Bertz CT molecular complexity index is 324. The molecular formula is C15H29N3O2. The van der Waals surface area contributed by atoms with Crippen molar-refractivity contribution in [1.82, 2.24) is 15.1 Å². The van der Waals surface area contributed by atoms with Crippen molar-refractivity contribution >= 4 is 6.03 Å². The number of urea groups is 1. The second-order valence-electron chi connectivity index (χ2n) is 6.60. The predicted octanol–water partition coefficient (Wildman–Crippen LogP) is 1.27. The molecular weight excluding hydrogens is 254 g/mol. The fraction of sp³-hybridized carbons (Fsp3) is 0.933. The molecule has 2 N–H and O–H groups in total. The van der Waals surface area contributed by atoms with Gasteiger partial charge in [-0.1, -0.05) is 6.92 Å². The Morgan fingerprint density at radius 2 is 2.05 bits per heavy atom. The summed E-state index contributed by atoms with van der Waals surface area (Å²) in [4.78, 5) is 16.3. The molecule has 2 aliphatic heterocycles. The highest BCUT2D eigenvalue weighted by atomic mass is 16.3. The zero-order valence-corrected chi connectivity index (χ0v) is 12.8. The van der Waals surface area contributed by atoms with Gasteiger partial charge in [-0.25, -0.2) is 4.79 Å². The first-order valence-electron chi connectivity index (χ1n) is 8.00. The molecule has 0 radical (unpaired) electrons. The van der Waals surface area contributed by atoms with Crippen molar-refractivity contribution in [1.29, 1.82) is 0 Å². The number of β-amino-alcohol motifs (C(OH)–C–C–N with tert-alkyl or cyclic N) is 1. The normalized spacial score (nSPS) is 30.1. The summed E-state index contributed by atoms with van der Waals surface area (Å²) >= 11 is 0. The molecule has 0 aromatic heterocycles. The van der Waals surface area contributed by atoms with Gasteiger partial charge in [-0.05, 0) is 45.1 Å². The van der Waals surface area contributed by atoms with Crippen LogP contribution in [0, 0.1) is 5.92 Å². The van der Waals surface area contributed by atoms with Gasteiger partial charge in [-0.15, -0.1) is 0 Å². The van der Waals surface area contributed by atoms with E-state index < -0.39 is 0 Å². The summed E-state index contributed by atoms with van der Waals surface area (Å²) in [7, 11) is 0. The monoisotopic (exact) mass is 283 g/mol. The molecule has 2 amide bonds. The Hall–Kier alpha value is -0.810. The first-order valence-corrected chi connectivity index (χ1v) is 8.00. The number of amides is 2. The van der Waals surface area contributed by atoms with Gasteiger partial charge in [0.1, 0.15) is 0 Å². The van der Waals surface area contributed by atoms with E-state index in [4.69, 9.17) is 0 Å². The van der Waals surface area contributed by atoms with Crippen molar-refractivity contribution in [3.63, 3.8) is 0 Å². The van der Waals surface area contributed by atoms with E-state index in [1.807, 2.05) is 0 Å². The summed E-state index contributed by atoms with van der Waals surface area (Å²) < 4.78 is 0. The van der Waals surface area contributed by atoms with Crippen LogP contribution in [0.25, 0.3) is 0 Å². The van der Waals surface area contributed by atoms with Crippen molar-refractivity contribution < 1.29 is 9.90 Å². The van der Waals surface area contributed by atoms with Crippen LogP contribution in [0.1, 0.15) is 39.5 Å². The van der Waals surface area contributed by atoms with Gasteiger partial charge in [0.2, 0.25) is 0 Å². The van der Waals surface area contributed by atoms with Crippen molar-refractivity contribution in [2.45, 2.75) is 51.7 Å². The van der Waals surface area contributed by atoms with Gasteiger partial charge >= 0.3 is 6.03 Å². The van der Waals surface area contributed by atoms with E-state index in [1.165, 1.54) is 12.8 Å². The Kier molecular flexibility index (Phi) is 5.66. The molecule has 0 aliphatic carbocycles. The number of piperidine rings is 2. The Balaban J connectivity index is 1.73. The summed E-state index contributed by atoms with van der Waals surface area (Å²) in [5.74, 6) is 0.767. The van der Waals surface area contributed by atoms with Crippen molar-refractivity contribution in [2.24, 2.45) is 5.92 Å². The van der Waals surface area contributed by atoms with Gasteiger partial charge in [0.15, 0.2) is 0 Å². The summed E-state index contributed by atoms with van der Waals surface area (Å²) in [6, 6.07) is 0.133. The Labute approximate surface area is 122 Å². The minimum atomic E-state index is -0.354. The maximum absolute atomic E-state index is 12.1. The molecule has 5 heteroatoms. The van der Waals surface area contributed by atoms with Crippen LogP contribution in [0.5, 0.6) is 0 Å². The topological polar surface area (TPSA) is 55.8 Å². The minimum absolute atomic E-state index is 0.0266.